The number of aliphatic hydroxyl groups is 3. The fourth-order valence-corrected chi connectivity index (χ4v) is 5.84. The Kier molecular flexibility index (Phi) is 9.07. The first-order valence-electron chi connectivity index (χ1n) is 11.5. The second-order valence-electron chi connectivity index (χ2n) is 10.2. The number of Topliss-reactive ketones (excluding diaryl/α,β-unsaturated/α-hetero) is 2. The van der Waals surface area contributed by atoms with E-state index in [1.165, 1.54) is 19.0 Å². The number of carbonyl (C=O) groups is 3. The van der Waals surface area contributed by atoms with Crippen LogP contribution >= 0.6 is 36.4 Å². The van der Waals surface area contributed by atoms with E-state index in [0.29, 0.717) is 12.1 Å². The van der Waals surface area contributed by atoms with Crippen LogP contribution in [0.15, 0.2) is 16.9 Å². The molecule has 0 aliphatic heterocycles. The molecule has 1 saturated carbocycles. The second kappa shape index (κ2) is 10.9. The van der Waals surface area contributed by atoms with Crippen molar-refractivity contribution in [1.29, 1.82) is 0 Å². The van der Waals surface area contributed by atoms with Gasteiger partial charge in [0, 0.05) is 23.6 Å². The molecule has 0 aromatic carbocycles. The third kappa shape index (κ3) is 4.50. The van der Waals surface area contributed by atoms with Gasteiger partial charge in [-0.05, 0) is 38.8 Å². The van der Waals surface area contributed by atoms with Gasteiger partial charge in [-0.25, -0.2) is 4.98 Å². The first-order valence-corrected chi connectivity index (χ1v) is 11.9. The lowest BCUT2D eigenvalue weighted by atomic mass is 9.57. The van der Waals surface area contributed by atoms with Gasteiger partial charge in [-0.1, -0.05) is 25.4 Å². The molecule has 1 amide bonds. The molecule has 11 nitrogen and oxygen atoms in total. The highest BCUT2D eigenvalue weighted by Crippen LogP contribution is 2.53. The van der Waals surface area contributed by atoms with Gasteiger partial charge < -0.3 is 31.5 Å². The highest BCUT2D eigenvalue weighted by atomic mass is 35.5. The van der Waals surface area contributed by atoms with Gasteiger partial charge in [0.2, 0.25) is 5.78 Å². The fraction of sp³-hybridized carbons (Fsp3) is 0.500. The van der Waals surface area contributed by atoms with Crippen LogP contribution in [0.4, 0.5) is 5.82 Å². The molecule has 7 N–H and O–H groups in total. The van der Waals surface area contributed by atoms with Crippen LogP contribution in [-0.4, -0.2) is 80.1 Å². The van der Waals surface area contributed by atoms with Crippen molar-refractivity contribution in [2.24, 2.45) is 23.5 Å². The first kappa shape index (κ1) is 31.6. The topological polar surface area (TPSA) is 186 Å². The average Bonchev–Trinajstić information content (AvgIpc) is 2.77. The van der Waals surface area contributed by atoms with Crippen LogP contribution in [0.25, 0.3) is 5.76 Å². The number of aromatic nitrogens is 1. The number of hydrogen-bond donors (Lipinski definition) is 6. The number of carbonyl (C=O) groups excluding carboxylic acids is 3. The summed E-state index contributed by atoms with van der Waals surface area (Å²) in [6.07, 6.45) is 0.0641. The number of pyridine rings is 1. The molecule has 0 unspecified atom stereocenters. The fourth-order valence-electron chi connectivity index (χ4n) is 5.58. The molecule has 3 aliphatic rings. The third-order valence-electron chi connectivity index (χ3n) is 7.21. The van der Waals surface area contributed by atoms with E-state index >= 15 is 0 Å². The van der Waals surface area contributed by atoms with Crippen LogP contribution in [0, 0.1) is 17.8 Å². The maximum absolute atomic E-state index is 13.8. The van der Waals surface area contributed by atoms with E-state index in [9.17, 15) is 34.8 Å². The number of nitrogens with one attached hydrogen (secondary N) is 1. The Labute approximate surface area is 236 Å². The number of amides is 1. The lowest BCUT2D eigenvalue weighted by molar-refractivity contribution is -0.153. The highest BCUT2D eigenvalue weighted by molar-refractivity contribution is 6.31. The molecule has 1 aromatic heterocycles. The largest absolute Gasteiger partial charge is 0.508 e. The van der Waals surface area contributed by atoms with Crippen molar-refractivity contribution in [3.8, 4) is 5.75 Å². The van der Waals surface area contributed by atoms with Gasteiger partial charge >= 0.3 is 0 Å². The standard InChI is InChI=1S/C24H29ClN4O7.2ClH/c1-8(2)7-27-23-18(32)13-10(21(25)28-23)5-9-6-11-15(29(3)4)17(31)14(22(26)35)20(34)24(11,36)19(33)12(9)16(13)30;;/h8-9,11,15,30,32,34,36H,5-7H2,1-4H3,(H2,26,35)(H,27,28);2*1H/t9-,11-,15-,24-;;/m0../s1. The number of aromatic hydroxyl groups is 1. The summed E-state index contributed by atoms with van der Waals surface area (Å²) < 4.78 is 0. The number of fused-ring (bicyclic) bond motifs is 3. The summed E-state index contributed by atoms with van der Waals surface area (Å²) in [6, 6.07) is -1.15. The zero-order valence-corrected chi connectivity index (χ0v) is 23.5. The maximum Gasteiger partial charge on any atom is 0.255 e. The molecule has 4 atom stereocenters. The first-order chi connectivity index (χ1) is 16.7. The van der Waals surface area contributed by atoms with Crippen molar-refractivity contribution in [1.82, 2.24) is 9.88 Å². The minimum Gasteiger partial charge on any atom is -0.508 e. The third-order valence-corrected chi connectivity index (χ3v) is 7.53. The molecule has 14 heteroatoms. The molecule has 1 heterocycles. The number of halogens is 3. The monoisotopic (exact) mass is 592 g/mol. The normalized spacial score (nSPS) is 26.4. The van der Waals surface area contributed by atoms with Gasteiger partial charge in [-0.3, -0.25) is 19.3 Å². The number of ketones is 2. The molecule has 3 aliphatic carbocycles. The minimum absolute atomic E-state index is 0. The molecule has 0 saturated heterocycles. The number of aliphatic hydroxyl groups excluding tert-OH is 2. The Morgan fingerprint density at radius 2 is 1.84 bits per heavy atom. The molecule has 38 heavy (non-hydrogen) atoms. The summed E-state index contributed by atoms with van der Waals surface area (Å²) in [5, 5.41) is 47.6. The number of hydrogen-bond acceptors (Lipinski definition) is 10. The molecule has 0 spiro atoms. The lowest BCUT2D eigenvalue weighted by Crippen LogP contribution is -2.65. The van der Waals surface area contributed by atoms with Gasteiger partial charge in [0.05, 0.1) is 11.6 Å². The molecule has 1 fully saturated rings. The van der Waals surface area contributed by atoms with Crippen molar-refractivity contribution < 1.29 is 34.8 Å². The average molecular weight is 594 g/mol. The SMILES string of the molecule is CC(C)CNc1nc(Cl)c2c(c1O)C(O)=C1C(=O)[C@]3(O)C(O)=C(C(N)=O)C(=O)[C@@H](N(C)C)[C@@H]3C[C@@H]1C2.Cl.Cl. The van der Waals surface area contributed by atoms with Crippen LogP contribution in [-0.2, 0) is 20.8 Å². The van der Waals surface area contributed by atoms with Crippen LogP contribution in [0.2, 0.25) is 5.15 Å². The molecule has 4 rings (SSSR count). The highest BCUT2D eigenvalue weighted by Gasteiger charge is 2.64. The van der Waals surface area contributed by atoms with E-state index in [1.807, 2.05) is 13.8 Å². The van der Waals surface area contributed by atoms with Crippen LogP contribution in [0.1, 0.15) is 31.4 Å². The zero-order chi connectivity index (χ0) is 26.9. The summed E-state index contributed by atoms with van der Waals surface area (Å²) in [4.78, 5) is 44.6. The van der Waals surface area contributed by atoms with Crippen molar-refractivity contribution in [2.75, 3.05) is 26.0 Å². The van der Waals surface area contributed by atoms with E-state index in [4.69, 9.17) is 17.3 Å². The van der Waals surface area contributed by atoms with E-state index in [-0.39, 0.29) is 65.7 Å². The summed E-state index contributed by atoms with van der Waals surface area (Å²) in [6.45, 7) is 4.34. The second-order valence-corrected chi connectivity index (χ2v) is 10.5. The number of rotatable bonds is 5. The molecule has 0 radical (unpaired) electrons. The lowest BCUT2D eigenvalue weighted by Gasteiger charge is -2.50. The smallest absolute Gasteiger partial charge is 0.255 e. The molecule has 1 aromatic rings. The summed E-state index contributed by atoms with van der Waals surface area (Å²) >= 11 is 6.42. The van der Waals surface area contributed by atoms with E-state index in [2.05, 4.69) is 10.3 Å². The maximum atomic E-state index is 13.8. The number of nitrogens with zero attached hydrogens (tertiary/aromatic N) is 2. The molecule has 0 bridgehead atoms. The number of anilines is 1. The Bertz CT molecular complexity index is 1260. The summed E-state index contributed by atoms with van der Waals surface area (Å²) in [5.41, 5.74) is 1.75. The Balaban J connectivity index is 0.00000253. The van der Waals surface area contributed by atoms with Crippen molar-refractivity contribution in [3.63, 3.8) is 0 Å². The summed E-state index contributed by atoms with van der Waals surface area (Å²) in [7, 11) is 3.08. The Morgan fingerprint density at radius 3 is 2.37 bits per heavy atom. The Morgan fingerprint density at radius 1 is 1.24 bits per heavy atom. The predicted octanol–water partition coefficient (Wildman–Crippen LogP) is 1.92. The van der Waals surface area contributed by atoms with E-state index in [0.717, 1.165) is 0 Å². The van der Waals surface area contributed by atoms with E-state index < -0.39 is 63.8 Å². The van der Waals surface area contributed by atoms with Gasteiger partial charge in [-0.2, -0.15) is 0 Å². The van der Waals surface area contributed by atoms with Gasteiger partial charge in [0.1, 0.15) is 22.2 Å². The van der Waals surface area contributed by atoms with Gasteiger partial charge in [-0.15, -0.1) is 24.8 Å². The molecule has 210 valence electrons. The van der Waals surface area contributed by atoms with Crippen LogP contribution in [0.5, 0.6) is 5.75 Å². The quantitative estimate of drug-likeness (QED) is 0.218. The van der Waals surface area contributed by atoms with Crippen LogP contribution in [0.3, 0.4) is 0 Å². The van der Waals surface area contributed by atoms with Gasteiger partial charge in [0.15, 0.2) is 23.0 Å². The molecular formula is C24H31Cl3N4O7. The minimum atomic E-state index is -2.68. The van der Waals surface area contributed by atoms with Gasteiger partial charge in [0.25, 0.3) is 5.91 Å². The number of likely N-dealkylation sites (N-methyl/N-ethyl adjacent to an activating group) is 1. The van der Waals surface area contributed by atoms with Crippen molar-refractivity contribution >= 4 is 65.5 Å². The van der Waals surface area contributed by atoms with E-state index in [1.54, 1.807) is 0 Å². The van der Waals surface area contributed by atoms with Crippen LogP contribution < -0.4 is 11.1 Å². The zero-order valence-electron chi connectivity index (χ0n) is 21.1. The molecular weight excluding hydrogens is 563 g/mol. The van der Waals surface area contributed by atoms with Crippen molar-refractivity contribution in [2.45, 2.75) is 38.3 Å². The van der Waals surface area contributed by atoms with Crippen molar-refractivity contribution in [3.05, 3.63) is 33.2 Å². The Hall–Kier alpha value is -2.57. The summed E-state index contributed by atoms with van der Waals surface area (Å²) in [5.74, 6) is -6.95. The number of nitrogens with two attached hydrogens (primary N) is 1. The predicted molar refractivity (Wildman–Crippen MR) is 145 cm³/mol. The number of primary amides is 1.